The van der Waals surface area contributed by atoms with Crippen LogP contribution in [0.4, 0.5) is 0 Å². The molecule has 1 atom stereocenters. The Labute approximate surface area is 73.8 Å². The van der Waals surface area contributed by atoms with Crippen molar-refractivity contribution in [2.75, 3.05) is 20.3 Å². The summed E-state index contributed by atoms with van der Waals surface area (Å²) in [6.07, 6.45) is 3.22. The molecule has 0 aromatic heterocycles. The van der Waals surface area contributed by atoms with E-state index in [1.54, 1.807) is 7.11 Å². The molecule has 0 N–H and O–H groups in total. The van der Waals surface area contributed by atoms with E-state index in [1.807, 2.05) is 0 Å². The third kappa shape index (κ3) is 8.11. The lowest BCUT2D eigenvalue weighted by molar-refractivity contribution is 0.0501. The molecule has 2 nitrogen and oxygen atoms in total. The van der Waals surface area contributed by atoms with Crippen LogP contribution in [-0.2, 0) is 9.47 Å². The summed E-state index contributed by atoms with van der Waals surface area (Å²) < 4.78 is 10.0. The topological polar surface area (TPSA) is 18.5 Å². The van der Waals surface area contributed by atoms with E-state index >= 15 is 0 Å². The third-order valence-electron chi connectivity index (χ3n) is 1.37. The predicted octanol–water partition coefficient (Wildman–Crippen LogP) is 2.40. The molecule has 0 aromatic carbocycles. The number of unbranched alkanes of at least 4 members (excludes halogenated alkanes) is 1. The molecule has 0 spiro atoms. The molecule has 0 aliphatic carbocycles. The largest absolute Gasteiger partial charge is 0.382 e. The summed E-state index contributed by atoms with van der Waals surface area (Å²) in [5.41, 5.74) is -0.134. The smallest absolute Gasteiger partial charge is 0.131 e. The number of ether oxygens (including phenoxy) is 2. The average Bonchev–Trinajstić information content (AvgIpc) is 2.01. The van der Waals surface area contributed by atoms with Crippen LogP contribution in [0, 0.1) is 0 Å². The highest BCUT2D eigenvalue weighted by atomic mass is 35.5. The van der Waals surface area contributed by atoms with Gasteiger partial charge in [-0.05, 0) is 12.8 Å². The van der Waals surface area contributed by atoms with Gasteiger partial charge in [0.1, 0.15) is 5.56 Å². The Balaban J connectivity index is 3.02. The number of rotatable bonds is 7. The Hall–Kier alpha value is 0.210. The summed E-state index contributed by atoms with van der Waals surface area (Å²) in [4.78, 5) is 0. The van der Waals surface area contributed by atoms with Gasteiger partial charge in [-0.3, -0.25) is 0 Å². The molecule has 0 aliphatic rings. The summed E-state index contributed by atoms with van der Waals surface area (Å²) in [5, 5.41) is 0. The van der Waals surface area contributed by atoms with Crippen molar-refractivity contribution < 1.29 is 9.47 Å². The molecule has 0 radical (unpaired) electrons. The Morgan fingerprint density at radius 3 is 2.64 bits per heavy atom. The fraction of sp³-hybridized carbons (Fsp3) is 1.00. The van der Waals surface area contributed by atoms with Crippen LogP contribution in [0.3, 0.4) is 0 Å². The van der Waals surface area contributed by atoms with E-state index in [0.29, 0.717) is 13.2 Å². The van der Waals surface area contributed by atoms with Crippen molar-refractivity contribution in [2.24, 2.45) is 0 Å². The van der Waals surface area contributed by atoms with Crippen molar-refractivity contribution in [3.63, 3.8) is 0 Å². The van der Waals surface area contributed by atoms with Gasteiger partial charge in [-0.2, -0.15) is 0 Å². The predicted molar refractivity (Wildman–Crippen MR) is 47.0 cm³/mol. The maximum atomic E-state index is 5.82. The molecule has 3 heteroatoms. The van der Waals surface area contributed by atoms with Crippen LogP contribution in [0.25, 0.3) is 0 Å². The first kappa shape index (κ1) is 11.2. The second-order valence-electron chi connectivity index (χ2n) is 2.42. The van der Waals surface area contributed by atoms with Gasteiger partial charge in [-0.25, -0.2) is 0 Å². The molecule has 0 amide bonds. The average molecular weight is 181 g/mol. The Kier molecular flexibility index (Phi) is 8.47. The van der Waals surface area contributed by atoms with E-state index in [4.69, 9.17) is 21.1 Å². The number of methoxy groups -OCH3 is 1. The molecule has 0 rings (SSSR count). The highest BCUT2D eigenvalue weighted by Crippen LogP contribution is 2.08. The van der Waals surface area contributed by atoms with Gasteiger partial charge in [-0.1, -0.05) is 24.9 Å². The van der Waals surface area contributed by atoms with Crippen molar-refractivity contribution in [1.29, 1.82) is 0 Å². The molecule has 0 aliphatic heterocycles. The lowest BCUT2D eigenvalue weighted by Gasteiger charge is -2.09. The Morgan fingerprint density at radius 1 is 1.36 bits per heavy atom. The van der Waals surface area contributed by atoms with Crippen molar-refractivity contribution in [1.82, 2.24) is 0 Å². The molecule has 0 aromatic rings. The quantitative estimate of drug-likeness (QED) is 0.443. The minimum absolute atomic E-state index is 0.134. The molecule has 0 fully saturated rings. The van der Waals surface area contributed by atoms with Crippen LogP contribution < -0.4 is 0 Å². The second kappa shape index (κ2) is 8.31. The molecule has 0 saturated heterocycles. The van der Waals surface area contributed by atoms with Gasteiger partial charge in [0.05, 0.1) is 13.2 Å². The van der Waals surface area contributed by atoms with Crippen LogP contribution in [0.2, 0.25) is 0 Å². The van der Waals surface area contributed by atoms with Crippen molar-refractivity contribution >= 4 is 11.6 Å². The number of hydrogen-bond donors (Lipinski definition) is 0. The van der Waals surface area contributed by atoms with Crippen molar-refractivity contribution in [3.8, 4) is 0 Å². The lowest BCUT2D eigenvalue weighted by atomic mass is 10.3. The van der Waals surface area contributed by atoms with Crippen LogP contribution in [0.1, 0.15) is 26.2 Å². The number of alkyl halides is 1. The summed E-state index contributed by atoms with van der Waals surface area (Å²) in [6.45, 7) is 3.35. The summed E-state index contributed by atoms with van der Waals surface area (Å²) in [6, 6.07) is 0. The maximum absolute atomic E-state index is 5.82. The van der Waals surface area contributed by atoms with Gasteiger partial charge < -0.3 is 9.47 Å². The van der Waals surface area contributed by atoms with Gasteiger partial charge >= 0.3 is 0 Å². The van der Waals surface area contributed by atoms with Gasteiger partial charge in [0.25, 0.3) is 0 Å². The SMILES string of the molecule is CCCCC(Cl)OCCOC. The van der Waals surface area contributed by atoms with Gasteiger partial charge in [-0.15, -0.1) is 0 Å². The standard InChI is InChI=1S/C8H17ClO2/c1-3-4-5-8(9)11-7-6-10-2/h8H,3-7H2,1-2H3. The highest BCUT2D eigenvalue weighted by molar-refractivity contribution is 6.19. The molecule has 0 saturated carbocycles. The molecule has 1 unspecified atom stereocenters. The van der Waals surface area contributed by atoms with E-state index in [2.05, 4.69) is 6.92 Å². The zero-order valence-electron chi connectivity index (χ0n) is 7.31. The molecule has 68 valence electrons. The number of halogens is 1. The Bertz CT molecular complexity index is 78.5. The van der Waals surface area contributed by atoms with Crippen molar-refractivity contribution in [3.05, 3.63) is 0 Å². The van der Waals surface area contributed by atoms with Crippen LogP contribution >= 0.6 is 11.6 Å². The zero-order chi connectivity index (χ0) is 8.53. The van der Waals surface area contributed by atoms with E-state index in [-0.39, 0.29) is 5.56 Å². The van der Waals surface area contributed by atoms with Gasteiger partial charge in [0, 0.05) is 7.11 Å². The fourth-order valence-corrected chi connectivity index (χ4v) is 0.951. The van der Waals surface area contributed by atoms with E-state index in [9.17, 15) is 0 Å². The normalized spacial score (nSPS) is 13.4. The van der Waals surface area contributed by atoms with Crippen LogP contribution in [0.5, 0.6) is 0 Å². The van der Waals surface area contributed by atoms with Gasteiger partial charge in [0.2, 0.25) is 0 Å². The van der Waals surface area contributed by atoms with E-state index in [0.717, 1.165) is 19.3 Å². The molecule has 11 heavy (non-hydrogen) atoms. The summed E-state index contributed by atoms with van der Waals surface area (Å²) in [7, 11) is 1.65. The highest BCUT2D eigenvalue weighted by Gasteiger charge is 2.01. The minimum Gasteiger partial charge on any atom is -0.382 e. The molecule has 0 bridgehead atoms. The minimum atomic E-state index is -0.134. The zero-order valence-corrected chi connectivity index (χ0v) is 8.06. The molecular weight excluding hydrogens is 164 g/mol. The first-order chi connectivity index (χ1) is 5.31. The third-order valence-corrected chi connectivity index (χ3v) is 1.71. The fourth-order valence-electron chi connectivity index (χ4n) is 0.707. The molecule has 0 heterocycles. The summed E-state index contributed by atoms with van der Waals surface area (Å²) >= 11 is 5.82. The van der Waals surface area contributed by atoms with Gasteiger partial charge in [0.15, 0.2) is 0 Å². The Morgan fingerprint density at radius 2 is 2.09 bits per heavy atom. The van der Waals surface area contributed by atoms with E-state index < -0.39 is 0 Å². The van der Waals surface area contributed by atoms with Crippen LogP contribution in [-0.4, -0.2) is 25.9 Å². The number of hydrogen-bond acceptors (Lipinski definition) is 2. The first-order valence-electron chi connectivity index (χ1n) is 4.05. The first-order valence-corrected chi connectivity index (χ1v) is 4.49. The van der Waals surface area contributed by atoms with Crippen LogP contribution in [0.15, 0.2) is 0 Å². The second-order valence-corrected chi connectivity index (χ2v) is 2.90. The van der Waals surface area contributed by atoms with E-state index in [1.165, 1.54) is 0 Å². The van der Waals surface area contributed by atoms with Crippen molar-refractivity contribution in [2.45, 2.75) is 31.7 Å². The summed E-state index contributed by atoms with van der Waals surface area (Å²) in [5.74, 6) is 0. The molecular formula is C8H17ClO2. The lowest BCUT2D eigenvalue weighted by Crippen LogP contribution is -2.09. The maximum Gasteiger partial charge on any atom is 0.131 e. The monoisotopic (exact) mass is 180 g/mol.